The van der Waals surface area contributed by atoms with Crippen LogP contribution in [0.4, 0.5) is 5.69 Å². The molecule has 0 N–H and O–H groups in total. The summed E-state index contributed by atoms with van der Waals surface area (Å²) in [6.07, 6.45) is 0. The molecule has 0 saturated carbocycles. The summed E-state index contributed by atoms with van der Waals surface area (Å²) in [5.74, 6) is 0.894. The van der Waals surface area contributed by atoms with E-state index >= 15 is 0 Å². The van der Waals surface area contributed by atoms with Crippen LogP contribution in [0.2, 0.25) is 0 Å². The average Bonchev–Trinajstić information content (AvgIpc) is 2.19. The van der Waals surface area contributed by atoms with Crippen molar-refractivity contribution in [2.24, 2.45) is 0 Å². The van der Waals surface area contributed by atoms with E-state index in [1.165, 1.54) is 0 Å². The number of rotatable bonds is 5. The van der Waals surface area contributed by atoms with Crippen LogP contribution in [-0.4, -0.2) is 18.7 Å². The highest BCUT2D eigenvalue weighted by Gasteiger charge is 2.09. The topological polar surface area (TPSA) is 12.5 Å². The molecule has 1 aromatic rings. The SMILES string of the molecule is CCOc1cccc(N(CC)C(C)Cl)c1. The van der Waals surface area contributed by atoms with Crippen LogP contribution in [-0.2, 0) is 0 Å². The molecule has 0 aromatic heterocycles. The van der Waals surface area contributed by atoms with E-state index in [2.05, 4.69) is 11.8 Å². The molecule has 1 rings (SSSR count). The maximum absolute atomic E-state index is 6.09. The Morgan fingerprint density at radius 1 is 1.40 bits per heavy atom. The highest BCUT2D eigenvalue weighted by Crippen LogP contribution is 2.23. The van der Waals surface area contributed by atoms with E-state index in [4.69, 9.17) is 16.3 Å². The lowest BCUT2D eigenvalue weighted by atomic mass is 10.2. The number of alkyl halides is 1. The molecular formula is C12H18ClNO. The Morgan fingerprint density at radius 3 is 2.67 bits per heavy atom. The van der Waals surface area contributed by atoms with Gasteiger partial charge in [-0.05, 0) is 32.9 Å². The van der Waals surface area contributed by atoms with E-state index in [-0.39, 0.29) is 5.50 Å². The standard InChI is InChI=1S/C12H18ClNO/c1-4-14(10(3)13)11-7-6-8-12(9-11)15-5-2/h6-10H,4-5H2,1-3H3. The minimum Gasteiger partial charge on any atom is -0.494 e. The van der Waals surface area contributed by atoms with Crippen LogP contribution in [0.5, 0.6) is 5.75 Å². The lowest BCUT2D eigenvalue weighted by molar-refractivity contribution is 0.340. The second-order valence-electron chi connectivity index (χ2n) is 3.29. The average molecular weight is 228 g/mol. The van der Waals surface area contributed by atoms with Crippen molar-refractivity contribution in [3.63, 3.8) is 0 Å². The number of ether oxygens (including phenoxy) is 1. The second kappa shape index (κ2) is 5.86. The molecule has 2 nitrogen and oxygen atoms in total. The van der Waals surface area contributed by atoms with E-state index in [0.717, 1.165) is 18.0 Å². The first-order valence-corrected chi connectivity index (χ1v) is 5.76. The Kier molecular flexibility index (Phi) is 4.76. The zero-order valence-corrected chi connectivity index (χ0v) is 10.3. The second-order valence-corrected chi connectivity index (χ2v) is 3.92. The number of benzene rings is 1. The van der Waals surface area contributed by atoms with Crippen LogP contribution in [0.25, 0.3) is 0 Å². The fraction of sp³-hybridized carbons (Fsp3) is 0.500. The van der Waals surface area contributed by atoms with Gasteiger partial charge in [0.1, 0.15) is 11.3 Å². The van der Waals surface area contributed by atoms with Crippen LogP contribution in [0.1, 0.15) is 20.8 Å². The summed E-state index contributed by atoms with van der Waals surface area (Å²) >= 11 is 6.09. The van der Waals surface area contributed by atoms with Gasteiger partial charge in [-0.15, -0.1) is 0 Å². The van der Waals surface area contributed by atoms with E-state index < -0.39 is 0 Å². The number of hydrogen-bond acceptors (Lipinski definition) is 2. The number of halogens is 1. The van der Waals surface area contributed by atoms with Crippen molar-refractivity contribution >= 4 is 17.3 Å². The Balaban J connectivity index is 2.87. The molecule has 0 heterocycles. The van der Waals surface area contributed by atoms with Crippen LogP contribution in [0.3, 0.4) is 0 Å². The third-order valence-corrected chi connectivity index (χ3v) is 2.47. The highest BCUT2D eigenvalue weighted by atomic mass is 35.5. The van der Waals surface area contributed by atoms with Crippen LogP contribution in [0.15, 0.2) is 24.3 Å². The summed E-state index contributed by atoms with van der Waals surface area (Å²) in [7, 11) is 0. The summed E-state index contributed by atoms with van der Waals surface area (Å²) in [6.45, 7) is 7.62. The first-order valence-electron chi connectivity index (χ1n) is 5.32. The van der Waals surface area contributed by atoms with E-state index in [1.807, 2.05) is 38.1 Å². The quantitative estimate of drug-likeness (QED) is 0.564. The Hall–Kier alpha value is -0.890. The predicted molar refractivity (Wildman–Crippen MR) is 65.9 cm³/mol. The summed E-state index contributed by atoms with van der Waals surface area (Å²) in [5, 5.41) is 0. The van der Waals surface area contributed by atoms with Gasteiger partial charge in [-0.3, -0.25) is 0 Å². The lowest BCUT2D eigenvalue weighted by Gasteiger charge is -2.26. The van der Waals surface area contributed by atoms with Gasteiger partial charge in [-0.1, -0.05) is 17.7 Å². The van der Waals surface area contributed by atoms with Gasteiger partial charge in [0.25, 0.3) is 0 Å². The first-order chi connectivity index (χ1) is 7.19. The molecular weight excluding hydrogens is 210 g/mol. The Bertz CT molecular complexity index is 301. The van der Waals surface area contributed by atoms with Crippen LogP contribution >= 0.6 is 11.6 Å². The minimum atomic E-state index is -0.00752. The molecule has 0 aliphatic heterocycles. The minimum absolute atomic E-state index is 0.00752. The van der Waals surface area contributed by atoms with Crippen molar-refractivity contribution in [3.05, 3.63) is 24.3 Å². The summed E-state index contributed by atoms with van der Waals surface area (Å²) < 4.78 is 5.45. The number of nitrogens with zero attached hydrogens (tertiary/aromatic N) is 1. The normalized spacial score (nSPS) is 12.3. The van der Waals surface area contributed by atoms with Crippen molar-refractivity contribution in [3.8, 4) is 5.75 Å². The third kappa shape index (κ3) is 3.31. The lowest BCUT2D eigenvalue weighted by Crippen LogP contribution is -2.28. The monoisotopic (exact) mass is 227 g/mol. The zero-order valence-electron chi connectivity index (χ0n) is 9.53. The molecule has 15 heavy (non-hydrogen) atoms. The van der Waals surface area contributed by atoms with Gasteiger partial charge in [0, 0.05) is 18.3 Å². The highest BCUT2D eigenvalue weighted by molar-refractivity contribution is 6.21. The van der Waals surface area contributed by atoms with E-state index in [9.17, 15) is 0 Å². The molecule has 0 saturated heterocycles. The Morgan fingerprint density at radius 2 is 2.13 bits per heavy atom. The fourth-order valence-corrected chi connectivity index (χ4v) is 1.81. The molecule has 1 aromatic carbocycles. The number of hydrogen-bond donors (Lipinski definition) is 0. The van der Waals surface area contributed by atoms with Crippen molar-refractivity contribution in [2.45, 2.75) is 26.3 Å². The van der Waals surface area contributed by atoms with Crippen molar-refractivity contribution in [1.82, 2.24) is 0 Å². The van der Waals surface area contributed by atoms with Crippen molar-refractivity contribution in [1.29, 1.82) is 0 Å². The molecule has 3 heteroatoms. The van der Waals surface area contributed by atoms with E-state index in [1.54, 1.807) is 0 Å². The summed E-state index contributed by atoms with van der Waals surface area (Å²) in [6, 6.07) is 8.01. The maximum atomic E-state index is 6.09. The molecule has 0 fully saturated rings. The molecule has 0 bridgehead atoms. The maximum Gasteiger partial charge on any atom is 0.121 e. The predicted octanol–water partition coefficient (Wildman–Crippen LogP) is 3.50. The van der Waals surface area contributed by atoms with Gasteiger partial charge < -0.3 is 9.64 Å². The van der Waals surface area contributed by atoms with Crippen molar-refractivity contribution in [2.75, 3.05) is 18.1 Å². The molecule has 84 valence electrons. The summed E-state index contributed by atoms with van der Waals surface area (Å²) in [4.78, 5) is 2.12. The molecule has 0 aliphatic rings. The zero-order chi connectivity index (χ0) is 11.3. The number of anilines is 1. The third-order valence-electron chi connectivity index (χ3n) is 2.23. The van der Waals surface area contributed by atoms with Gasteiger partial charge in [0.2, 0.25) is 0 Å². The molecule has 0 spiro atoms. The van der Waals surface area contributed by atoms with Gasteiger partial charge in [-0.25, -0.2) is 0 Å². The molecule has 1 unspecified atom stereocenters. The Labute approximate surface area is 96.8 Å². The van der Waals surface area contributed by atoms with Gasteiger partial charge in [-0.2, -0.15) is 0 Å². The molecule has 0 amide bonds. The largest absolute Gasteiger partial charge is 0.494 e. The van der Waals surface area contributed by atoms with Gasteiger partial charge in [0.15, 0.2) is 0 Å². The fourth-order valence-electron chi connectivity index (χ4n) is 1.56. The molecule has 1 atom stereocenters. The van der Waals surface area contributed by atoms with Crippen molar-refractivity contribution < 1.29 is 4.74 Å². The summed E-state index contributed by atoms with van der Waals surface area (Å²) in [5.41, 5.74) is 1.10. The molecule has 0 aliphatic carbocycles. The van der Waals surface area contributed by atoms with Gasteiger partial charge >= 0.3 is 0 Å². The van der Waals surface area contributed by atoms with Gasteiger partial charge in [0.05, 0.1) is 6.61 Å². The first kappa shape index (κ1) is 12.2. The van der Waals surface area contributed by atoms with E-state index in [0.29, 0.717) is 6.61 Å². The molecule has 0 radical (unpaired) electrons. The van der Waals surface area contributed by atoms with Crippen LogP contribution in [0, 0.1) is 0 Å². The smallest absolute Gasteiger partial charge is 0.121 e. The van der Waals surface area contributed by atoms with Crippen LogP contribution < -0.4 is 9.64 Å².